The Balaban J connectivity index is 1.23. The first kappa shape index (κ1) is 20.7. The van der Waals surface area contributed by atoms with Gasteiger partial charge in [0.15, 0.2) is 0 Å². The summed E-state index contributed by atoms with van der Waals surface area (Å²) in [6.07, 6.45) is 4.04. The van der Waals surface area contributed by atoms with Gasteiger partial charge in [-0.3, -0.25) is 14.4 Å². The van der Waals surface area contributed by atoms with E-state index in [1.807, 2.05) is 23.1 Å². The zero-order valence-corrected chi connectivity index (χ0v) is 17.9. The summed E-state index contributed by atoms with van der Waals surface area (Å²) in [5.41, 5.74) is 3.61. The summed E-state index contributed by atoms with van der Waals surface area (Å²) < 4.78 is 13.0. The van der Waals surface area contributed by atoms with E-state index in [9.17, 15) is 18.8 Å². The highest BCUT2D eigenvalue weighted by molar-refractivity contribution is 6.01. The molecule has 2 aromatic carbocycles. The quantitative estimate of drug-likeness (QED) is 0.784. The topological polar surface area (TPSA) is 69.7 Å². The van der Waals surface area contributed by atoms with E-state index in [1.165, 1.54) is 12.1 Å². The summed E-state index contributed by atoms with van der Waals surface area (Å²) >= 11 is 0. The Kier molecular flexibility index (Phi) is 5.41. The molecule has 2 aliphatic heterocycles. The maximum Gasteiger partial charge on any atom is 0.230 e. The van der Waals surface area contributed by atoms with Crippen molar-refractivity contribution >= 4 is 29.1 Å². The van der Waals surface area contributed by atoms with E-state index in [0.717, 1.165) is 48.2 Å². The highest BCUT2D eigenvalue weighted by atomic mass is 19.1. The Morgan fingerprint density at radius 1 is 1.06 bits per heavy atom. The van der Waals surface area contributed by atoms with E-state index in [0.29, 0.717) is 19.6 Å². The van der Waals surface area contributed by atoms with Crippen molar-refractivity contribution in [3.8, 4) is 0 Å². The Labute approximate surface area is 186 Å². The second-order valence-corrected chi connectivity index (χ2v) is 8.93. The maximum atomic E-state index is 13.0. The SMILES string of the molecule is O=C(NCc1ccc(F)cc1)C1CC(=O)N(c2ccc3c(c2)CCN3C(=O)C2CCC2)C1. The number of carbonyl (C=O) groups excluding carboxylic acids is 3. The molecule has 1 atom stereocenters. The van der Waals surface area contributed by atoms with Crippen LogP contribution >= 0.6 is 0 Å². The van der Waals surface area contributed by atoms with Crippen molar-refractivity contribution in [3.05, 3.63) is 59.4 Å². The summed E-state index contributed by atoms with van der Waals surface area (Å²) in [6, 6.07) is 11.8. The second kappa shape index (κ2) is 8.37. The van der Waals surface area contributed by atoms with Crippen LogP contribution in [0.5, 0.6) is 0 Å². The minimum absolute atomic E-state index is 0.0766. The number of hydrogen-bond acceptors (Lipinski definition) is 3. The average Bonchev–Trinajstić information content (AvgIpc) is 3.35. The van der Waals surface area contributed by atoms with Crippen LogP contribution in [0.25, 0.3) is 0 Å². The van der Waals surface area contributed by atoms with Gasteiger partial charge in [-0.2, -0.15) is 0 Å². The van der Waals surface area contributed by atoms with Gasteiger partial charge in [0.25, 0.3) is 0 Å². The van der Waals surface area contributed by atoms with Crippen molar-refractivity contribution in [1.82, 2.24) is 5.32 Å². The molecule has 1 N–H and O–H groups in total. The van der Waals surface area contributed by atoms with Gasteiger partial charge >= 0.3 is 0 Å². The third-order valence-corrected chi connectivity index (χ3v) is 6.87. The van der Waals surface area contributed by atoms with Crippen molar-refractivity contribution in [3.63, 3.8) is 0 Å². The van der Waals surface area contributed by atoms with Crippen LogP contribution in [0.3, 0.4) is 0 Å². The number of hydrogen-bond donors (Lipinski definition) is 1. The first-order valence-electron chi connectivity index (χ1n) is 11.3. The van der Waals surface area contributed by atoms with Crippen LogP contribution in [-0.2, 0) is 27.3 Å². The highest BCUT2D eigenvalue weighted by Gasteiger charge is 2.37. The second-order valence-electron chi connectivity index (χ2n) is 8.93. The van der Waals surface area contributed by atoms with Gasteiger partial charge in [0.2, 0.25) is 17.7 Å². The summed E-state index contributed by atoms with van der Waals surface area (Å²) in [5, 5.41) is 2.85. The van der Waals surface area contributed by atoms with Gasteiger partial charge in [-0.15, -0.1) is 0 Å². The van der Waals surface area contributed by atoms with Crippen molar-refractivity contribution in [1.29, 1.82) is 0 Å². The van der Waals surface area contributed by atoms with Crippen LogP contribution in [0, 0.1) is 17.7 Å². The fraction of sp³-hybridized carbons (Fsp3) is 0.400. The maximum absolute atomic E-state index is 13.0. The number of fused-ring (bicyclic) bond motifs is 1. The van der Waals surface area contributed by atoms with Crippen LogP contribution in [0.2, 0.25) is 0 Å². The van der Waals surface area contributed by atoms with Crippen LogP contribution in [0.4, 0.5) is 15.8 Å². The molecular weight excluding hydrogens is 409 g/mol. The summed E-state index contributed by atoms with van der Waals surface area (Å²) in [6.45, 7) is 1.32. The van der Waals surface area contributed by atoms with Crippen LogP contribution in [0.15, 0.2) is 42.5 Å². The van der Waals surface area contributed by atoms with Gasteiger partial charge in [0.1, 0.15) is 5.82 Å². The number of benzene rings is 2. The number of anilines is 2. The van der Waals surface area contributed by atoms with Gasteiger partial charge in [-0.25, -0.2) is 4.39 Å². The molecule has 6 nitrogen and oxygen atoms in total. The molecule has 0 bridgehead atoms. The first-order valence-corrected chi connectivity index (χ1v) is 11.3. The van der Waals surface area contributed by atoms with E-state index >= 15 is 0 Å². The highest BCUT2D eigenvalue weighted by Crippen LogP contribution is 2.37. The minimum Gasteiger partial charge on any atom is -0.352 e. The van der Waals surface area contributed by atoms with Gasteiger partial charge in [0.05, 0.1) is 5.92 Å². The minimum atomic E-state index is -0.423. The third kappa shape index (κ3) is 3.87. The average molecular weight is 435 g/mol. The van der Waals surface area contributed by atoms with E-state index < -0.39 is 5.92 Å². The van der Waals surface area contributed by atoms with E-state index in [-0.39, 0.29) is 35.9 Å². The predicted octanol–water partition coefficient (Wildman–Crippen LogP) is 3.18. The molecule has 32 heavy (non-hydrogen) atoms. The first-order chi connectivity index (χ1) is 15.5. The van der Waals surface area contributed by atoms with Crippen LogP contribution < -0.4 is 15.1 Å². The molecule has 0 aromatic heterocycles. The van der Waals surface area contributed by atoms with Gasteiger partial charge in [0, 0.05) is 43.3 Å². The van der Waals surface area contributed by atoms with Crippen LogP contribution in [0.1, 0.15) is 36.8 Å². The van der Waals surface area contributed by atoms with E-state index in [4.69, 9.17) is 0 Å². The smallest absolute Gasteiger partial charge is 0.230 e. The Morgan fingerprint density at radius 3 is 2.56 bits per heavy atom. The Bertz CT molecular complexity index is 1060. The number of nitrogens with one attached hydrogen (secondary N) is 1. The number of halogens is 1. The lowest BCUT2D eigenvalue weighted by Gasteiger charge is -2.29. The molecule has 1 aliphatic carbocycles. The lowest BCUT2D eigenvalue weighted by atomic mass is 9.84. The zero-order valence-electron chi connectivity index (χ0n) is 17.9. The van der Waals surface area contributed by atoms with E-state index in [1.54, 1.807) is 17.0 Å². The molecular formula is C25H26FN3O3. The lowest BCUT2D eigenvalue weighted by Crippen LogP contribution is -2.37. The molecule has 0 spiro atoms. The number of rotatable bonds is 5. The molecule has 2 heterocycles. The lowest BCUT2D eigenvalue weighted by molar-refractivity contribution is -0.126. The summed E-state index contributed by atoms with van der Waals surface area (Å²) in [5.74, 6) is -0.612. The van der Waals surface area contributed by atoms with Crippen molar-refractivity contribution in [2.24, 2.45) is 11.8 Å². The molecule has 5 rings (SSSR count). The normalized spacial score (nSPS) is 20.3. The largest absolute Gasteiger partial charge is 0.352 e. The van der Waals surface area contributed by atoms with Crippen LogP contribution in [-0.4, -0.2) is 30.8 Å². The predicted molar refractivity (Wildman–Crippen MR) is 119 cm³/mol. The monoisotopic (exact) mass is 435 g/mol. The van der Waals surface area contributed by atoms with Gasteiger partial charge in [-0.1, -0.05) is 18.6 Å². The molecule has 1 unspecified atom stereocenters. The number of nitrogens with zero attached hydrogens (tertiary/aromatic N) is 2. The Morgan fingerprint density at radius 2 is 1.84 bits per heavy atom. The Hall–Kier alpha value is -3.22. The third-order valence-electron chi connectivity index (χ3n) is 6.87. The van der Waals surface area contributed by atoms with Crippen molar-refractivity contribution in [2.75, 3.05) is 22.9 Å². The van der Waals surface area contributed by atoms with Crippen molar-refractivity contribution in [2.45, 2.75) is 38.6 Å². The van der Waals surface area contributed by atoms with Gasteiger partial charge < -0.3 is 15.1 Å². The summed E-state index contributed by atoms with van der Waals surface area (Å²) in [7, 11) is 0. The summed E-state index contributed by atoms with van der Waals surface area (Å²) in [4.78, 5) is 41.5. The number of amides is 3. The fourth-order valence-electron chi connectivity index (χ4n) is 4.73. The molecule has 7 heteroatoms. The molecule has 3 aliphatic rings. The van der Waals surface area contributed by atoms with Gasteiger partial charge in [-0.05, 0) is 60.7 Å². The molecule has 0 radical (unpaired) electrons. The molecule has 2 aromatic rings. The molecule has 166 valence electrons. The molecule has 1 saturated carbocycles. The standard InChI is InChI=1S/C25H26FN3O3/c26-20-6-4-16(5-7-20)14-27-24(31)19-13-23(30)29(15-19)21-8-9-22-18(12-21)10-11-28(22)25(32)17-2-1-3-17/h4-9,12,17,19H,1-3,10-11,13-15H2,(H,27,31). The number of carbonyl (C=O) groups is 3. The molecule has 1 saturated heterocycles. The molecule has 2 fully saturated rings. The zero-order chi connectivity index (χ0) is 22.2. The molecule has 3 amide bonds. The van der Waals surface area contributed by atoms with E-state index in [2.05, 4.69) is 5.32 Å². The fourth-order valence-corrected chi connectivity index (χ4v) is 4.73. The van der Waals surface area contributed by atoms with Crippen molar-refractivity contribution < 1.29 is 18.8 Å².